The zero-order chi connectivity index (χ0) is 11.8. The average Bonchev–Trinajstić information content (AvgIpc) is 2.72. The second kappa shape index (κ2) is 3.85. The lowest BCUT2D eigenvalue weighted by Crippen LogP contribution is -1.87. The molecule has 0 radical (unpaired) electrons. The molecule has 2 N–H and O–H groups in total. The summed E-state index contributed by atoms with van der Waals surface area (Å²) in [4.78, 5) is 4.44. The van der Waals surface area contributed by atoms with Gasteiger partial charge in [0.15, 0.2) is 11.5 Å². The highest BCUT2D eigenvalue weighted by Gasteiger charge is 2.05. The van der Waals surface area contributed by atoms with Crippen LogP contribution < -0.4 is 5.73 Å². The number of hydrogen-bond acceptors (Lipinski definition) is 3. The Morgan fingerprint density at radius 2 is 1.82 bits per heavy atom. The van der Waals surface area contributed by atoms with Gasteiger partial charge in [-0.15, -0.1) is 5.10 Å². The summed E-state index contributed by atoms with van der Waals surface area (Å²) in [6.45, 7) is 0. The third-order valence-corrected chi connectivity index (χ3v) is 2.93. The SMILES string of the molecule is Nc1ccc(-c2nc3ccc(Br)cn3n2)cc1. The molecular weight excluding hydrogens is 280 g/mol. The van der Waals surface area contributed by atoms with Crippen LogP contribution in [0, 0.1) is 0 Å². The lowest BCUT2D eigenvalue weighted by Gasteiger charge is -1.95. The van der Waals surface area contributed by atoms with E-state index in [1.165, 1.54) is 0 Å². The van der Waals surface area contributed by atoms with Crippen molar-refractivity contribution < 1.29 is 0 Å². The van der Waals surface area contributed by atoms with E-state index in [1.807, 2.05) is 42.6 Å². The Balaban J connectivity index is 2.14. The topological polar surface area (TPSA) is 56.2 Å². The number of nitrogen functional groups attached to an aromatic ring is 1. The Hall–Kier alpha value is -1.88. The summed E-state index contributed by atoms with van der Waals surface area (Å²) in [7, 11) is 0. The van der Waals surface area contributed by atoms with Gasteiger partial charge >= 0.3 is 0 Å². The van der Waals surface area contributed by atoms with Crippen LogP contribution in [0.15, 0.2) is 47.1 Å². The van der Waals surface area contributed by atoms with Crippen LogP contribution in [-0.2, 0) is 0 Å². The van der Waals surface area contributed by atoms with Crippen molar-refractivity contribution in [3.8, 4) is 11.4 Å². The predicted octanol–water partition coefficient (Wildman–Crippen LogP) is 2.74. The molecule has 3 rings (SSSR count). The second-order valence-electron chi connectivity index (χ2n) is 3.71. The number of nitrogens with zero attached hydrogens (tertiary/aromatic N) is 3. The van der Waals surface area contributed by atoms with Gasteiger partial charge < -0.3 is 5.73 Å². The van der Waals surface area contributed by atoms with Gasteiger partial charge in [0.25, 0.3) is 0 Å². The van der Waals surface area contributed by atoms with E-state index >= 15 is 0 Å². The van der Waals surface area contributed by atoms with E-state index in [2.05, 4.69) is 26.0 Å². The number of pyridine rings is 1. The molecule has 17 heavy (non-hydrogen) atoms. The minimum Gasteiger partial charge on any atom is -0.399 e. The highest BCUT2D eigenvalue weighted by atomic mass is 79.9. The zero-order valence-corrected chi connectivity index (χ0v) is 10.4. The van der Waals surface area contributed by atoms with Crippen molar-refractivity contribution in [1.82, 2.24) is 14.6 Å². The molecule has 0 aliphatic heterocycles. The number of anilines is 1. The lowest BCUT2D eigenvalue weighted by atomic mass is 10.2. The monoisotopic (exact) mass is 288 g/mol. The maximum absolute atomic E-state index is 5.65. The first-order valence-corrected chi connectivity index (χ1v) is 5.89. The summed E-state index contributed by atoms with van der Waals surface area (Å²) in [5, 5.41) is 4.41. The van der Waals surface area contributed by atoms with Gasteiger partial charge in [0.1, 0.15) is 0 Å². The molecular formula is C12H9BrN4. The van der Waals surface area contributed by atoms with Crippen molar-refractivity contribution in [3.63, 3.8) is 0 Å². The molecule has 0 aliphatic carbocycles. The summed E-state index contributed by atoms with van der Waals surface area (Å²) in [5.41, 5.74) is 8.16. The Morgan fingerprint density at radius 3 is 2.59 bits per heavy atom. The normalized spacial score (nSPS) is 10.9. The van der Waals surface area contributed by atoms with E-state index in [9.17, 15) is 0 Å². The van der Waals surface area contributed by atoms with Gasteiger partial charge in [-0.05, 0) is 52.3 Å². The minimum atomic E-state index is 0.697. The van der Waals surface area contributed by atoms with Crippen LogP contribution in [0.4, 0.5) is 5.69 Å². The molecule has 0 aliphatic rings. The Morgan fingerprint density at radius 1 is 1.06 bits per heavy atom. The fraction of sp³-hybridized carbons (Fsp3) is 0. The van der Waals surface area contributed by atoms with Crippen LogP contribution in [0.3, 0.4) is 0 Å². The molecule has 0 unspecified atom stereocenters. The van der Waals surface area contributed by atoms with Gasteiger partial charge in [-0.25, -0.2) is 9.50 Å². The molecule has 3 aromatic rings. The fourth-order valence-corrected chi connectivity index (χ4v) is 1.94. The maximum Gasteiger partial charge on any atom is 0.182 e. The fourth-order valence-electron chi connectivity index (χ4n) is 1.61. The smallest absolute Gasteiger partial charge is 0.182 e. The van der Waals surface area contributed by atoms with Crippen LogP contribution in [0.1, 0.15) is 0 Å². The molecule has 5 heteroatoms. The van der Waals surface area contributed by atoms with Crippen molar-refractivity contribution in [2.75, 3.05) is 5.73 Å². The van der Waals surface area contributed by atoms with E-state index in [4.69, 9.17) is 5.73 Å². The third-order valence-electron chi connectivity index (χ3n) is 2.46. The van der Waals surface area contributed by atoms with Gasteiger partial charge in [0, 0.05) is 21.9 Å². The van der Waals surface area contributed by atoms with E-state index in [1.54, 1.807) is 4.52 Å². The van der Waals surface area contributed by atoms with Crippen LogP contribution in [-0.4, -0.2) is 14.6 Å². The number of hydrogen-bond donors (Lipinski definition) is 1. The van der Waals surface area contributed by atoms with Crippen molar-refractivity contribution in [2.45, 2.75) is 0 Å². The Bertz CT molecular complexity index is 673. The molecule has 1 aromatic carbocycles. The van der Waals surface area contributed by atoms with Gasteiger partial charge in [0.2, 0.25) is 0 Å². The molecule has 0 bridgehead atoms. The van der Waals surface area contributed by atoms with Crippen molar-refractivity contribution in [2.24, 2.45) is 0 Å². The summed E-state index contributed by atoms with van der Waals surface area (Å²) in [6.07, 6.45) is 1.88. The highest BCUT2D eigenvalue weighted by molar-refractivity contribution is 9.10. The summed E-state index contributed by atoms with van der Waals surface area (Å²) >= 11 is 3.40. The van der Waals surface area contributed by atoms with Gasteiger partial charge in [-0.3, -0.25) is 0 Å². The van der Waals surface area contributed by atoms with E-state index in [0.717, 1.165) is 21.4 Å². The van der Waals surface area contributed by atoms with E-state index < -0.39 is 0 Å². The number of fused-ring (bicyclic) bond motifs is 1. The number of halogens is 1. The molecule has 0 fully saturated rings. The minimum absolute atomic E-state index is 0.697. The molecule has 0 spiro atoms. The summed E-state index contributed by atoms with van der Waals surface area (Å²) < 4.78 is 2.72. The number of benzene rings is 1. The van der Waals surface area contributed by atoms with Crippen LogP contribution in [0.2, 0.25) is 0 Å². The second-order valence-corrected chi connectivity index (χ2v) is 4.62. The largest absolute Gasteiger partial charge is 0.399 e. The molecule has 0 saturated heterocycles. The van der Waals surface area contributed by atoms with Crippen molar-refractivity contribution in [3.05, 3.63) is 47.1 Å². The molecule has 2 heterocycles. The first-order valence-electron chi connectivity index (χ1n) is 5.10. The zero-order valence-electron chi connectivity index (χ0n) is 8.84. The van der Waals surface area contributed by atoms with Gasteiger partial charge in [0.05, 0.1) is 0 Å². The average molecular weight is 289 g/mol. The van der Waals surface area contributed by atoms with Crippen LogP contribution in [0.25, 0.3) is 17.0 Å². The first kappa shape index (κ1) is 10.3. The summed E-state index contributed by atoms with van der Waals surface area (Å²) in [5.74, 6) is 0.697. The predicted molar refractivity (Wildman–Crippen MR) is 70.5 cm³/mol. The first-order chi connectivity index (χ1) is 8.22. The van der Waals surface area contributed by atoms with Crippen LogP contribution >= 0.6 is 15.9 Å². The molecule has 0 amide bonds. The Kier molecular flexibility index (Phi) is 2.33. The van der Waals surface area contributed by atoms with Gasteiger partial charge in [-0.2, -0.15) is 0 Å². The van der Waals surface area contributed by atoms with E-state index in [-0.39, 0.29) is 0 Å². The standard InChI is InChI=1S/C12H9BrN4/c13-9-3-6-11-15-12(16-17(11)7-9)8-1-4-10(14)5-2-8/h1-7H,14H2. The maximum atomic E-state index is 5.65. The Labute approximate surface area is 106 Å². The molecule has 0 saturated carbocycles. The van der Waals surface area contributed by atoms with E-state index in [0.29, 0.717) is 5.82 Å². The molecule has 2 aromatic heterocycles. The molecule has 0 atom stereocenters. The van der Waals surface area contributed by atoms with Crippen LogP contribution in [0.5, 0.6) is 0 Å². The molecule has 4 nitrogen and oxygen atoms in total. The third kappa shape index (κ3) is 1.89. The quantitative estimate of drug-likeness (QED) is 0.701. The number of nitrogens with two attached hydrogens (primary N) is 1. The molecule has 84 valence electrons. The summed E-state index contributed by atoms with van der Waals surface area (Å²) in [6, 6.07) is 11.4. The number of rotatable bonds is 1. The van der Waals surface area contributed by atoms with Gasteiger partial charge in [-0.1, -0.05) is 0 Å². The van der Waals surface area contributed by atoms with Crippen molar-refractivity contribution in [1.29, 1.82) is 0 Å². The highest BCUT2D eigenvalue weighted by Crippen LogP contribution is 2.18. The van der Waals surface area contributed by atoms with Crippen molar-refractivity contribution >= 4 is 27.3 Å². The lowest BCUT2D eigenvalue weighted by molar-refractivity contribution is 0.961. The number of aromatic nitrogens is 3.